The summed E-state index contributed by atoms with van der Waals surface area (Å²) in [7, 11) is 6.09. The average Bonchev–Trinajstić information content (AvgIpc) is 2.63. The summed E-state index contributed by atoms with van der Waals surface area (Å²) in [5, 5.41) is 4.74. The number of nitrogens with one attached hydrogen (secondary N) is 2. The first-order chi connectivity index (χ1) is 13.1. The molecular weight excluding hydrogens is 380 g/mol. The van der Waals surface area contributed by atoms with E-state index >= 15 is 0 Å². The standard InChI is InChI=1S/C17H20BF3N2O5/c1-27-14(24)13(4-2-3-9-22-15(18)25)23-16(26)28-10-11-5-7-12(8-6-11)17(19,20)21/h5-8,13H,2-4,9-10H2,1H3,(H,22,25)(H,23,26). The van der Waals surface area contributed by atoms with Crippen LogP contribution in [0.5, 0.6) is 0 Å². The molecule has 1 atom stereocenters. The molecule has 1 unspecified atom stereocenters. The van der Waals surface area contributed by atoms with Gasteiger partial charge in [-0.2, -0.15) is 13.2 Å². The van der Waals surface area contributed by atoms with Gasteiger partial charge < -0.3 is 20.1 Å². The van der Waals surface area contributed by atoms with E-state index < -0.39 is 35.7 Å². The van der Waals surface area contributed by atoms with Gasteiger partial charge in [0.1, 0.15) is 12.6 Å². The second-order valence-electron chi connectivity index (χ2n) is 5.78. The number of unbranched alkanes of at least 4 members (excludes halogenated alkanes) is 1. The molecule has 2 radical (unpaired) electrons. The van der Waals surface area contributed by atoms with E-state index in [1.54, 1.807) is 0 Å². The van der Waals surface area contributed by atoms with Crippen LogP contribution >= 0.6 is 0 Å². The van der Waals surface area contributed by atoms with Gasteiger partial charge >= 0.3 is 18.2 Å². The number of hydrogen-bond donors (Lipinski definition) is 2. The van der Waals surface area contributed by atoms with Crippen LogP contribution < -0.4 is 10.6 Å². The van der Waals surface area contributed by atoms with Crippen molar-refractivity contribution >= 4 is 25.7 Å². The Morgan fingerprint density at radius 3 is 2.32 bits per heavy atom. The van der Waals surface area contributed by atoms with Gasteiger partial charge in [0, 0.05) is 6.54 Å². The van der Waals surface area contributed by atoms with Crippen LogP contribution in [-0.2, 0) is 27.1 Å². The molecule has 0 saturated carbocycles. The van der Waals surface area contributed by atoms with Gasteiger partial charge in [0.15, 0.2) is 13.7 Å². The minimum Gasteiger partial charge on any atom is -0.467 e. The maximum atomic E-state index is 12.5. The average molecular weight is 400 g/mol. The Hall–Kier alpha value is -2.72. The zero-order valence-electron chi connectivity index (χ0n) is 15.2. The third kappa shape index (κ3) is 8.78. The van der Waals surface area contributed by atoms with Crippen molar-refractivity contribution in [3.8, 4) is 0 Å². The van der Waals surface area contributed by atoms with E-state index in [4.69, 9.17) is 12.6 Å². The van der Waals surface area contributed by atoms with Crippen LogP contribution in [0.25, 0.3) is 0 Å². The molecular formula is C17H20BF3N2O5. The van der Waals surface area contributed by atoms with Crippen molar-refractivity contribution in [1.82, 2.24) is 10.6 Å². The molecule has 0 aliphatic heterocycles. The maximum absolute atomic E-state index is 12.5. The molecule has 1 aromatic rings. The largest absolute Gasteiger partial charge is 0.467 e. The molecule has 152 valence electrons. The van der Waals surface area contributed by atoms with Crippen LogP contribution in [0.4, 0.5) is 22.8 Å². The van der Waals surface area contributed by atoms with Crippen LogP contribution in [0, 0.1) is 0 Å². The van der Waals surface area contributed by atoms with E-state index in [-0.39, 0.29) is 13.0 Å². The highest BCUT2D eigenvalue weighted by atomic mass is 19.4. The van der Waals surface area contributed by atoms with E-state index in [0.717, 1.165) is 12.1 Å². The summed E-state index contributed by atoms with van der Waals surface area (Å²) < 4.78 is 47.1. The summed E-state index contributed by atoms with van der Waals surface area (Å²) in [6.45, 7) is 0.0575. The summed E-state index contributed by atoms with van der Waals surface area (Å²) in [4.78, 5) is 34.2. The minimum absolute atomic E-state index is 0.239. The number of amides is 2. The molecule has 1 aromatic carbocycles. The molecule has 0 spiro atoms. The first-order valence-electron chi connectivity index (χ1n) is 8.34. The van der Waals surface area contributed by atoms with Crippen molar-refractivity contribution < 1.29 is 37.0 Å². The Labute approximate surface area is 161 Å². The lowest BCUT2D eigenvalue weighted by atomic mass is 10.1. The Kier molecular flexibility index (Phi) is 9.33. The van der Waals surface area contributed by atoms with Gasteiger partial charge in [-0.05, 0) is 37.0 Å². The van der Waals surface area contributed by atoms with Crippen molar-refractivity contribution in [2.75, 3.05) is 13.7 Å². The van der Waals surface area contributed by atoms with Gasteiger partial charge in [-0.3, -0.25) is 4.79 Å². The van der Waals surface area contributed by atoms with E-state index in [0.29, 0.717) is 24.9 Å². The van der Waals surface area contributed by atoms with Gasteiger partial charge in [0.25, 0.3) is 0 Å². The topological polar surface area (TPSA) is 93.7 Å². The predicted octanol–water partition coefficient (Wildman–Crippen LogP) is 2.52. The molecule has 7 nitrogen and oxygen atoms in total. The molecule has 0 aliphatic rings. The van der Waals surface area contributed by atoms with Crippen LogP contribution in [0.1, 0.15) is 30.4 Å². The fourth-order valence-corrected chi connectivity index (χ4v) is 2.20. The van der Waals surface area contributed by atoms with Crippen molar-refractivity contribution in [3.63, 3.8) is 0 Å². The number of benzene rings is 1. The zero-order valence-corrected chi connectivity index (χ0v) is 15.2. The SMILES string of the molecule is [B]C(=O)NCCCCC(NC(=O)OCc1ccc(C(F)(F)F)cc1)C(=O)OC. The first kappa shape index (κ1) is 23.3. The number of rotatable bonds is 9. The fraction of sp³-hybridized carbons (Fsp3) is 0.471. The molecule has 2 N–H and O–H groups in total. The quantitative estimate of drug-likeness (QED) is 0.378. The van der Waals surface area contributed by atoms with Crippen LogP contribution in [-0.4, -0.2) is 45.4 Å². The summed E-state index contributed by atoms with van der Waals surface area (Å²) in [6, 6.07) is 3.19. The number of carbonyl (C=O) groups is 3. The Morgan fingerprint density at radius 1 is 1.14 bits per heavy atom. The second-order valence-corrected chi connectivity index (χ2v) is 5.78. The monoisotopic (exact) mass is 400 g/mol. The number of esters is 1. The van der Waals surface area contributed by atoms with Gasteiger partial charge in [-0.1, -0.05) is 12.1 Å². The second kappa shape index (κ2) is 11.2. The van der Waals surface area contributed by atoms with Gasteiger partial charge in [-0.25, -0.2) is 9.59 Å². The smallest absolute Gasteiger partial charge is 0.416 e. The Bertz CT molecular complexity index is 668. The number of alkyl halides is 3. The van der Waals surface area contributed by atoms with Gasteiger partial charge in [0.05, 0.1) is 12.7 Å². The maximum Gasteiger partial charge on any atom is 0.416 e. The lowest BCUT2D eigenvalue weighted by Crippen LogP contribution is -2.41. The lowest BCUT2D eigenvalue weighted by molar-refractivity contribution is -0.143. The third-order valence-electron chi connectivity index (χ3n) is 3.65. The van der Waals surface area contributed by atoms with E-state index in [2.05, 4.69) is 15.4 Å². The number of ether oxygens (including phenoxy) is 2. The molecule has 0 bridgehead atoms. The van der Waals surface area contributed by atoms with Crippen LogP contribution in [0.2, 0.25) is 0 Å². The van der Waals surface area contributed by atoms with Gasteiger partial charge in [-0.15, -0.1) is 0 Å². The fourth-order valence-electron chi connectivity index (χ4n) is 2.20. The molecule has 0 saturated heterocycles. The highest BCUT2D eigenvalue weighted by Gasteiger charge is 2.30. The molecule has 11 heteroatoms. The normalized spacial score (nSPS) is 12.0. The Balaban J connectivity index is 2.47. The van der Waals surface area contributed by atoms with Gasteiger partial charge in [0.2, 0.25) is 0 Å². The number of hydrogen-bond acceptors (Lipinski definition) is 5. The van der Waals surface area contributed by atoms with Crippen molar-refractivity contribution in [2.24, 2.45) is 0 Å². The third-order valence-corrected chi connectivity index (χ3v) is 3.65. The lowest BCUT2D eigenvalue weighted by Gasteiger charge is -2.16. The first-order valence-corrected chi connectivity index (χ1v) is 8.34. The molecule has 2 amide bonds. The summed E-state index contributed by atoms with van der Waals surface area (Å²) in [5.74, 6) is -1.33. The van der Waals surface area contributed by atoms with Crippen LogP contribution in [0.3, 0.4) is 0 Å². The number of halogens is 3. The zero-order chi connectivity index (χ0) is 21.2. The van der Waals surface area contributed by atoms with E-state index in [1.165, 1.54) is 19.2 Å². The molecule has 0 fully saturated rings. The molecule has 0 aromatic heterocycles. The van der Waals surface area contributed by atoms with E-state index in [1.807, 2.05) is 0 Å². The molecule has 1 rings (SSSR count). The summed E-state index contributed by atoms with van der Waals surface area (Å²) in [6.07, 6.45) is -4.11. The van der Waals surface area contributed by atoms with E-state index in [9.17, 15) is 27.6 Å². The molecule has 0 aliphatic carbocycles. The summed E-state index contributed by atoms with van der Waals surface area (Å²) >= 11 is 0. The minimum atomic E-state index is -4.45. The van der Waals surface area contributed by atoms with Crippen molar-refractivity contribution in [1.29, 1.82) is 0 Å². The number of methoxy groups -OCH3 is 1. The van der Waals surface area contributed by atoms with Crippen molar-refractivity contribution in [2.45, 2.75) is 38.1 Å². The molecule has 28 heavy (non-hydrogen) atoms. The molecule has 0 heterocycles. The number of alkyl carbamates (subject to hydrolysis) is 1. The summed E-state index contributed by atoms with van der Waals surface area (Å²) in [5.41, 5.74) is -0.451. The number of carbonyl (C=O) groups excluding carboxylic acids is 3. The van der Waals surface area contributed by atoms with Crippen molar-refractivity contribution in [3.05, 3.63) is 35.4 Å². The highest BCUT2D eigenvalue weighted by Crippen LogP contribution is 2.29. The Morgan fingerprint density at radius 2 is 1.79 bits per heavy atom. The van der Waals surface area contributed by atoms with Crippen LogP contribution in [0.15, 0.2) is 24.3 Å². The highest BCUT2D eigenvalue weighted by molar-refractivity contribution is 6.57. The predicted molar refractivity (Wildman–Crippen MR) is 93.6 cm³/mol.